The molecule has 0 spiro atoms. The Morgan fingerprint density at radius 2 is 2.00 bits per heavy atom. The summed E-state index contributed by atoms with van der Waals surface area (Å²) in [6.45, 7) is 6.52. The lowest BCUT2D eigenvalue weighted by atomic mass is 10.1. The van der Waals surface area contributed by atoms with Crippen molar-refractivity contribution >= 4 is 28.4 Å². The van der Waals surface area contributed by atoms with Gasteiger partial charge in [0.2, 0.25) is 5.43 Å². The van der Waals surface area contributed by atoms with Gasteiger partial charge in [-0.15, -0.1) is 0 Å². The summed E-state index contributed by atoms with van der Waals surface area (Å²) in [5.41, 5.74) is 2.82. The van der Waals surface area contributed by atoms with Gasteiger partial charge in [-0.1, -0.05) is 11.6 Å². The molecule has 0 aliphatic heterocycles. The highest BCUT2D eigenvalue weighted by Crippen LogP contribution is 2.17. The molecule has 3 rings (SSSR count). The summed E-state index contributed by atoms with van der Waals surface area (Å²) < 4.78 is 3.39. The smallest absolute Gasteiger partial charge is 0.276 e. The molecule has 0 saturated carbocycles. The molecule has 0 radical (unpaired) electrons. The summed E-state index contributed by atoms with van der Waals surface area (Å²) in [5, 5.41) is 12.2. The third-order valence-electron chi connectivity index (χ3n) is 4.52. The quantitative estimate of drug-likeness (QED) is 0.761. The van der Waals surface area contributed by atoms with E-state index in [1.165, 1.54) is 0 Å². The van der Waals surface area contributed by atoms with Gasteiger partial charge in [-0.05, 0) is 39.0 Å². The molecule has 0 aliphatic carbocycles. The van der Waals surface area contributed by atoms with Crippen molar-refractivity contribution in [1.29, 1.82) is 0 Å². The van der Waals surface area contributed by atoms with Crippen LogP contribution in [0, 0.1) is 13.8 Å². The molecular formula is C18H20ClN5O2. The number of carbonyl (C=O) groups is 1. The zero-order valence-electron chi connectivity index (χ0n) is 15.1. The van der Waals surface area contributed by atoms with Gasteiger partial charge >= 0.3 is 0 Å². The lowest BCUT2D eigenvalue weighted by Gasteiger charge is -2.11. The number of hydrogen-bond acceptors (Lipinski definition) is 4. The van der Waals surface area contributed by atoms with E-state index in [9.17, 15) is 9.59 Å². The predicted octanol–water partition coefficient (Wildman–Crippen LogP) is 2.35. The molecule has 26 heavy (non-hydrogen) atoms. The fourth-order valence-corrected chi connectivity index (χ4v) is 3.15. The second-order valence-corrected chi connectivity index (χ2v) is 6.55. The Morgan fingerprint density at radius 3 is 2.62 bits per heavy atom. The van der Waals surface area contributed by atoms with Crippen LogP contribution in [0.5, 0.6) is 0 Å². The Morgan fingerprint density at radius 1 is 1.27 bits per heavy atom. The van der Waals surface area contributed by atoms with E-state index in [1.807, 2.05) is 27.8 Å². The molecule has 0 saturated heterocycles. The minimum atomic E-state index is -0.512. The maximum atomic E-state index is 12.7. The van der Waals surface area contributed by atoms with Crippen molar-refractivity contribution in [2.24, 2.45) is 7.05 Å². The minimum Gasteiger partial charge on any atom is -0.346 e. The number of nitrogens with one attached hydrogen (secondary N) is 1. The van der Waals surface area contributed by atoms with Crippen LogP contribution in [0.2, 0.25) is 5.02 Å². The summed E-state index contributed by atoms with van der Waals surface area (Å²) in [5.74, 6) is -0.512. The molecule has 136 valence electrons. The number of hydrogen-bond donors (Lipinski definition) is 1. The third-order valence-corrected chi connectivity index (χ3v) is 4.75. The zero-order valence-corrected chi connectivity index (χ0v) is 15.9. The summed E-state index contributed by atoms with van der Waals surface area (Å²) in [6.07, 6.45) is 0. The van der Waals surface area contributed by atoms with Crippen LogP contribution < -0.4 is 10.7 Å². The average Bonchev–Trinajstić information content (AvgIpc) is 2.85. The SMILES string of the molecule is CCn1nc(C(=O)NCc2c(C)nn(C)c2C)c(=O)c2cc(Cl)ccc21. The van der Waals surface area contributed by atoms with Gasteiger partial charge in [0.15, 0.2) is 5.69 Å². The molecule has 0 fully saturated rings. The number of benzene rings is 1. The maximum Gasteiger partial charge on any atom is 0.276 e. The Hall–Kier alpha value is -2.67. The standard InChI is InChI=1S/C18H20ClN5O2/c1-5-24-15-7-6-12(19)8-13(15)17(25)16(22-24)18(26)20-9-14-10(2)21-23(4)11(14)3/h6-8H,5,9H2,1-4H3,(H,20,26). The van der Waals surface area contributed by atoms with Gasteiger partial charge in [-0.2, -0.15) is 10.2 Å². The number of rotatable bonds is 4. The second kappa shape index (κ2) is 6.92. The zero-order chi connectivity index (χ0) is 19.0. The monoisotopic (exact) mass is 373 g/mol. The third kappa shape index (κ3) is 3.10. The van der Waals surface area contributed by atoms with Crippen LogP contribution in [0.1, 0.15) is 34.4 Å². The summed E-state index contributed by atoms with van der Waals surface area (Å²) in [6, 6.07) is 5.00. The highest BCUT2D eigenvalue weighted by atomic mass is 35.5. The lowest BCUT2D eigenvalue weighted by molar-refractivity contribution is 0.0942. The fraction of sp³-hybridized carbons (Fsp3) is 0.333. The van der Waals surface area contributed by atoms with Crippen molar-refractivity contribution in [3.8, 4) is 0 Å². The van der Waals surface area contributed by atoms with Crippen molar-refractivity contribution in [3.63, 3.8) is 0 Å². The average molecular weight is 374 g/mol. The van der Waals surface area contributed by atoms with E-state index in [0.717, 1.165) is 17.0 Å². The van der Waals surface area contributed by atoms with Crippen LogP contribution in [-0.2, 0) is 20.1 Å². The van der Waals surface area contributed by atoms with Crippen molar-refractivity contribution in [2.45, 2.75) is 33.9 Å². The van der Waals surface area contributed by atoms with Crippen molar-refractivity contribution in [1.82, 2.24) is 24.9 Å². The molecule has 0 unspecified atom stereocenters. The number of aromatic nitrogens is 4. The normalized spacial score (nSPS) is 11.1. The first-order valence-corrected chi connectivity index (χ1v) is 8.69. The van der Waals surface area contributed by atoms with Crippen molar-refractivity contribution < 1.29 is 4.79 Å². The van der Waals surface area contributed by atoms with E-state index >= 15 is 0 Å². The largest absolute Gasteiger partial charge is 0.346 e. The van der Waals surface area contributed by atoms with Gasteiger partial charge < -0.3 is 5.32 Å². The van der Waals surface area contributed by atoms with E-state index in [-0.39, 0.29) is 12.2 Å². The number of amides is 1. The minimum absolute atomic E-state index is 0.138. The summed E-state index contributed by atoms with van der Waals surface area (Å²) in [4.78, 5) is 25.3. The van der Waals surface area contributed by atoms with Crippen molar-refractivity contribution in [2.75, 3.05) is 0 Å². The van der Waals surface area contributed by atoms with Gasteiger partial charge in [0.05, 0.1) is 16.6 Å². The Labute approximate surface area is 155 Å². The topological polar surface area (TPSA) is 81.8 Å². The van der Waals surface area contributed by atoms with Crippen LogP contribution in [0.25, 0.3) is 10.9 Å². The molecule has 8 heteroatoms. The molecule has 1 aromatic carbocycles. The van der Waals surface area contributed by atoms with E-state index < -0.39 is 11.3 Å². The van der Waals surface area contributed by atoms with E-state index in [4.69, 9.17) is 11.6 Å². The van der Waals surface area contributed by atoms with Crippen LogP contribution in [0.3, 0.4) is 0 Å². The van der Waals surface area contributed by atoms with Crippen LogP contribution in [0.4, 0.5) is 0 Å². The highest BCUT2D eigenvalue weighted by molar-refractivity contribution is 6.31. The molecule has 0 atom stereocenters. The van der Waals surface area contributed by atoms with E-state index in [1.54, 1.807) is 27.6 Å². The van der Waals surface area contributed by atoms with E-state index in [2.05, 4.69) is 15.5 Å². The number of aryl methyl sites for hydroxylation is 3. The molecular weight excluding hydrogens is 354 g/mol. The summed E-state index contributed by atoms with van der Waals surface area (Å²) >= 11 is 6.02. The Balaban J connectivity index is 1.98. The second-order valence-electron chi connectivity index (χ2n) is 6.11. The first-order valence-electron chi connectivity index (χ1n) is 8.31. The number of fused-ring (bicyclic) bond motifs is 1. The van der Waals surface area contributed by atoms with Gasteiger partial charge in [0, 0.05) is 36.4 Å². The Bertz CT molecular complexity index is 1070. The highest BCUT2D eigenvalue weighted by Gasteiger charge is 2.18. The fourth-order valence-electron chi connectivity index (χ4n) is 2.98. The Kier molecular flexibility index (Phi) is 4.82. The van der Waals surface area contributed by atoms with Crippen LogP contribution >= 0.6 is 11.6 Å². The van der Waals surface area contributed by atoms with Gasteiger partial charge in [0.1, 0.15) is 0 Å². The molecule has 7 nitrogen and oxygen atoms in total. The number of halogens is 1. The maximum absolute atomic E-state index is 12.7. The number of nitrogens with zero attached hydrogens (tertiary/aromatic N) is 4. The molecule has 3 aromatic rings. The molecule has 0 bridgehead atoms. The van der Waals surface area contributed by atoms with Crippen LogP contribution in [-0.4, -0.2) is 25.5 Å². The van der Waals surface area contributed by atoms with Gasteiger partial charge in [-0.3, -0.25) is 19.0 Å². The van der Waals surface area contributed by atoms with Crippen LogP contribution in [0.15, 0.2) is 23.0 Å². The molecule has 2 aromatic heterocycles. The summed E-state index contributed by atoms with van der Waals surface area (Å²) in [7, 11) is 1.85. The molecule has 0 aliphatic rings. The first kappa shape index (κ1) is 18.1. The number of carbonyl (C=O) groups excluding carboxylic acids is 1. The van der Waals surface area contributed by atoms with E-state index in [0.29, 0.717) is 22.5 Å². The molecule has 2 heterocycles. The lowest BCUT2D eigenvalue weighted by Crippen LogP contribution is -2.32. The predicted molar refractivity (Wildman–Crippen MR) is 101 cm³/mol. The first-order chi connectivity index (χ1) is 12.3. The van der Waals surface area contributed by atoms with Crippen molar-refractivity contribution in [3.05, 3.63) is 56.1 Å². The van der Waals surface area contributed by atoms with Gasteiger partial charge in [0.25, 0.3) is 5.91 Å². The molecule has 1 N–H and O–H groups in total. The van der Waals surface area contributed by atoms with Gasteiger partial charge in [-0.25, -0.2) is 0 Å². The molecule has 1 amide bonds.